The Bertz CT molecular complexity index is 383. The number of halogens is 2. The van der Waals surface area contributed by atoms with E-state index in [1.165, 1.54) is 6.07 Å². The Balaban J connectivity index is 2.77. The van der Waals surface area contributed by atoms with Crippen LogP contribution in [0.2, 0.25) is 5.02 Å². The maximum Gasteiger partial charge on any atom is 0.163 e. The molecular formula is C10H7ClFO3-. The van der Waals surface area contributed by atoms with Crippen molar-refractivity contribution in [2.24, 2.45) is 0 Å². The summed E-state index contributed by atoms with van der Waals surface area (Å²) in [5, 5.41) is 10.2. The number of hydrogen-bond donors (Lipinski definition) is 0. The maximum absolute atomic E-state index is 12.8. The van der Waals surface area contributed by atoms with E-state index in [9.17, 15) is 19.1 Å². The Morgan fingerprint density at radius 2 is 1.93 bits per heavy atom. The average Bonchev–Trinajstić information content (AvgIpc) is 2.12. The first kappa shape index (κ1) is 11.7. The fourth-order valence-corrected chi connectivity index (χ4v) is 1.30. The van der Waals surface area contributed by atoms with Crippen molar-refractivity contribution in [3.63, 3.8) is 0 Å². The molecule has 0 aliphatic rings. The zero-order chi connectivity index (χ0) is 11.4. The van der Waals surface area contributed by atoms with Crippen molar-refractivity contribution < 1.29 is 19.1 Å². The lowest BCUT2D eigenvalue weighted by Gasteiger charge is -2.02. The summed E-state index contributed by atoms with van der Waals surface area (Å²) in [5.41, 5.74) is 0.0706. The fraction of sp³-hybridized carbons (Fsp3) is 0.200. The third-order valence-corrected chi connectivity index (χ3v) is 1.96. The van der Waals surface area contributed by atoms with E-state index in [4.69, 9.17) is 11.6 Å². The van der Waals surface area contributed by atoms with Gasteiger partial charge in [-0.15, -0.1) is 0 Å². The highest BCUT2D eigenvalue weighted by atomic mass is 35.5. The van der Waals surface area contributed by atoms with E-state index >= 15 is 0 Å². The zero-order valence-corrected chi connectivity index (χ0v) is 8.38. The number of carboxylic acid groups (broad SMARTS) is 1. The van der Waals surface area contributed by atoms with E-state index < -0.39 is 17.6 Å². The molecule has 80 valence electrons. The minimum Gasteiger partial charge on any atom is -0.550 e. The van der Waals surface area contributed by atoms with Crippen molar-refractivity contribution in [1.82, 2.24) is 0 Å². The second-order valence-electron chi connectivity index (χ2n) is 2.95. The second kappa shape index (κ2) is 4.89. The molecule has 5 heteroatoms. The molecule has 0 saturated carbocycles. The summed E-state index contributed by atoms with van der Waals surface area (Å²) >= 11 is 5.54. The highest BCUT2D eigenvalue weighted by Crippen LogP contribution is 2.15. The summed E-state index contributed by atoms with van der Waals surface area (Å²) in [4.78, 5) is 21.4. The number of carbonyl (C=O) groups is 2. The first-order chi connectivity index (χ1) is 6.99. The van der Waals surface area contributed by atoms with Crippen molar-refractivity contribution in [2.45, 2.75) is 12.8 Å². The smallest absolute Gasteiger partial charge is 0.163 e. The number of carboxylic acids is 1. The summed E-state index contributed by atoms with van der Waals surface area (Å²) in [6.45, 7) is 0. The van der Waals surface area contributed by atoms with Crippen molar-refractivity contribution >= 4 is 23.4 Å². The molecule has 1 aromatic carbocycles. The van der Waals surface area contributed by atoms with E-state index in [1.54, 1.807) is 0 Å². The number of carbonyl (C=O) groups excluding carboxylic acids is 2. The van der Waals surface area contributed by atoms with Gasteiger partial charge >= 0.3 is 0 Å². The third kappa shape index (κ3) is 3.67. The highest BCUT2D eigenvalue weighted by molar-refractivity contribution is 6.31. The summed E-state index contributed by atoms with van der Waals surface area (Å²) < 4.78 is 12.8. The van der Waals surface area contributed by atoms with Crippen LogP contribution in [-0.2, 0) is 4.79 Å². The minimum atomic E-state index is -1.31. The standard InChI is InChI=1S/C10H8ClFO3/c11-7-3-6(4-8(12)5-7)9(13)1-2-10(14)15/h3-5H,1-2H2,(H,14,15)/p-1. The topological polar surface area (TPSA) is 57.2 Å². The number of Topliss-reactive ketones (excluding diaryl/α,β-unsaturated/α-hetero) is 1. The highest BCUT2D eigenvalue weighted by Gasteiger charge is 2.08. The van der Waals surface area contributed by atoms with Gasteiger partial charge in [0.2, 0.25) is 0 Å². The normalized spacial score (nSPS) is 10.0. The molecule has 0 aliphatic heterocycles. The SMILES string of the molecule is O=C([O-])CCC(=O)c1cc(F)cc(Cl)c1. The van der Waals surface area contributed by atoms with E-state index in [0.29, 0.717) is 0 Å². The van der Waals surface area contributed by atoms with Gasteiger partial charge in [-0.25, -0.2) is 4.39 Å². The minimum absolute atomic E-state index is 0.0706. The van der Waals surface area contributed by atoms with Crippen LogP contribution in [0.25, 0.3) is 0 Å². The molecule has 0 amide bonds. The number of hydrogen-bond acceptors (Lipinski definition) is 3. The van der Waals surface area contributed by atoms with Crippen LogP contribution in [0.1, 0.15) is 23.2 Å². The van der Waals surface area contributed by atoms with Crippen LogP contribution in [0.4, 0.5) is 4.39 Å². The molecule has 0 aromatic heterocycles. The Labute approximate surface area is 90.5 Å². The van der Waals surface area contributed by atoms with Gasteiger partial charge in [-0.1, -0.05) is 11.6 Å². The molecule has 15 heavy (non-hydrogen) atoms. The molecular weight excluding hydrogens is 223 g/mol. The van der Waals surface area contributed by atoms with E-state index in [0.717, 1.165) is 12.1 Å². The van der Waals surface area contributed by atoms with Crippen molar-refractivity contribution in [2.75, 3.05) is 0 Å². The lowest BCUT2D eigenvalue weighted by molar-refractivity contribution is -0.305. The lowest BCUT2D eigenvalue weighted by Crippen LogP contribution is -2.22. The maximum atomic E-state index is 12.8. The molecule has 0 atom stereocenters. The fourth-order valence-electron chi connectivity index (χ4n) is 1.07. The third-order valence-electron chi connectivity index (χ3n) is 1.74. The van der Waals surface area contributed by atoms with Crippen LogP contribution in [0, 0.1) is 5.82 Å². The van der Waals surface area contributed by atoms with Crippen LogP contribution in [-0.4, -0.2) is 11.8 Å². The van der Waals surface area contributed by atoms with Gasteiger partial charge in [-0.3, -0.25) is 4.79 Å². The molecule has 1 rings (SSSR count). The van der Waals surface area contributed by atoms with Gasteiger partial charge in [-0.2, -0.15) is 0 Å². The van der Waals surface area contributed by atoms with Crippen molar-refractivity contribution in [3.8, 4) is 0 Å². The van der Waals surface area contributed by atoms with Gasteiger partial charge in [0, 0.05) is 23.0 Å². The molecule has 0 heterocycles. The number of rotatable bonds is 4. The predicted octanol–water partition coefficient (Wildman–Crippen LogP) is 1.19. The summed E-state index contributed by atoms with van der Waals surface area (Å²) in [5.74, 6) is -2.41. The van der Waals surface area contributed by atoms with E-state index in [1.807, 2.05) is 0 Å². The Kier molecular flexibility index (Phi) is 3.80. The number of benzene rings is 1. The molecule has 0 unspecified atom stereocenters. The summed E-state index contributed by atoms with van der Waals surface area (Å²) in [6.07, 6.45) is -0.602. The molecule has 0 aliphatic carbocycles. The molecule has 1 aromatic rings. The van der Waals surface area contributed by atoms with Gasteiger partial charge < -0.3 is 9.90 Å². The first-order valence-electron chi connectivity index (χ1n) is 4.18. The number of aliphatic carboxylic acids is 1. The molecule has 0 fully saturated rings. The van der Waals surface area contributed by atoms with Gasteiger partial charge in [0.15, 0.2) is 5.78 Å². The molecule has 3 nitrogen and oxygen atoms in total. The average molecular weight is 230 g/mol. The van der Waals surface area contributed by atoms with E-state index in [2.05, 4.69) is 0 Å². The van der Waals surface area contributed by atoms with Crippen molar-refractivity contribution in [1.29, 1.82) is 0 Å². The van der Waals surface area contributed by atoms with Gasteiger partial charge in [0.05, 0.1) is 0 Å². The zero-order valence-electron chi connectivity index (χ0n) is 7.63. The number of ketones is 1. The predicted molar refractivity (Wildman–Crippen MR) is 50.0 cm³/mol. The Hall–Kier alpha value is -1.42. The molecule has 0 saturated heterocycles. The summed E-state index contributed by atoms with van der Waals surface area (Å²) in [7, 11) is 0. The van der Waals surface area contributed by atoms with Gasteiger partial charge in [0.25, 0.3) is 0 Å². The van der Waals surface area contributed by atoms with Crippen LogP contribution in [0.15, 0.2) is 18.2 Å². The molecule has 0 radical (unpaired) electrons. The largest absolute Gasteiger partial charge is 0.550 e. The quantitative estimate of drug-likeness (QED) is 0.729. The monoisotopic (exact) mass is 229 g/mol. The second-order valence-corrected chi connectivity index (χ2v) is 3.39. The molecule has 0 spiro atoms. The van der Waals surface area contributed by atoms with Gasteiger partial charge in [-0.05, 0) is 24.6 Å². The Morgan fingerprint density at radius 3 is 2.47 bits per heavy atom. The molecule has 0 N–H and O–H groups in total. The molecule has 0 bridgehead atoms. The van der Waals surface area contributed by atoms with Crippen LogP contribution < -0.4 is 5.11 Å². The van der Waals surface area contributed by atoms with Crippen LogP contribution in [0.5, 0.6) is 0 Å². The van der Waals surface area contributed by atoms with Crippen LogP contribution in [0.3, 0.4) is 0 Å². The van der Waals surface area contributed by atoms with Crippen molar-refractivity contribution in [3.05, 3.63) is 34.6 Å². The van der Waals surface area contributed by atoms with E-state index in [-0.39, 0.29) is 23.4 Å². The lowest BCUT2D eigenvalue weighted by atomic mass is 10.1. The van der Waals surface area contributed by atoms with Crippen LogP contribution >= 0.6 is 11.6 Å². The van der Waals surface area contributed by atoms with Gasteiger partial charge in [0.1, 0.15) is 5.82 Å². The Morgan fingerprint density at radius 1 is 1.27 bits per heavy atom. The first-order valence-corrected chi connectivity index (χ1v) is 4.56. The summed E-state index contributed by atoms with van der Waals surface area (Å²) in [6, 6.07) is 3.38.